The Bertz CT molecular complexity index is 1520. The third-order valence-corrected chi connectivity index (χ3v) is 7.80. The zero-order chi connectivity index (χ0) is 28.1. The number of nitrogens with one attached hydrogen (secondary N) is 1. The van der Waals surface area contributed by atoms with Crippen LogP contribution in [0.4, 0.5) is 14.6 Å². The highest BCUT2D eigenvalue weighted by Gasteiger charge is 2.51. The summed E-state index contributed by atoms with van der Waals surface area (Å²) in [7, 11) is 0. The standard InChI is InChI=1S/C19H22F2N7O9PS/c20-10-13(31)8(36-17(10)28-6-25-12-15(22)23-5-24-16(12)28)4-34-38(33,39)37-14-7(3-29)35-18(11(14)21)27-2-1-9(30)26-19(27)32/h1-2,5-8,10-11,13-14,17-18,29,31H,3-4H2,(H,33,39)(H2,22,23,24)(H,26,30,32)/t7-,8-,10?,11?,13?,14+,17-,18-,38?/m1/s1. The molecule has 4 unspecified atom stereocenters. The first-order valence-corrected chi connectivity index (χ1v) is 14.0. The Balaban J connectivity index is 1.26. The van der Waals surface area contributed by atoms with Crippen molar-refractivity contribution in [2.45, 2.75) is 49.2 Å². The van der Waals surface area contributed by atoms with E-state index in [2.05, 4.69) is 27.2 Å². The van der Waals surface area contributed by atoms with Crippen LogP contribution in [0.2, 0.25) is 0 Å². The lowest BCUT2D eigenvalue weighted by molar-refractivity contribution is -0.0518. The summed E-state index contributed by atoms with van der Waals surface area (Å²) < 4.78 is 66.3. The van der Waals surface area contributed by atoms with E-state index in [1.165, 1.54) is 10.9 Å². The molecule has 2 saturated heterocycles. The van der Waals surface area contributed by atoms with Gasteiger partial charge < -0.3 is 25.4 Å². The highest BCUT2D eigenvalue weighted by molar-refractivity contribution is 8.44. The molecule has 0 aromatic carbocycles. The Kier molecular flexibility index (Phi) is 7.59. The molecule has 20 heteroatoms. The molecule has 2 aliphatic heterocycles. The lowest BCUT2D eigenvalue weighted by Crippen LogP contribution is -2.36. The molecular formula is C19H22F2N7O9PS. The molecule has 3 aromatic rings. The molecule has 0 aliphatic carbocycles. The van der Waals surface area contributed by atoms with Crippen LogP contribution in [0.1, 0.15) is 12.5 Å². The summed E-state index contributed by atoms with van der Waals surface area (Å²) >= 11 is 3.81. The first-order chi connectivity index (χ1) is 18.5. The quantitative estimate of drug-likeness (QED) is 0.160. The van der Waals surface area contributed by atoms with Gasteiger partial charge in [0.1, 0.15) is 36.3 Å². The number of aromatic amines is 1. The number of alkyl halides is 2. The van der Waals surface area contributed by atoms with Crippen LogP contribution in [0.15, 0.2) is 34.5 Å². The summed E-state index contributed by atoms with van der Waals surface area (Å²) in [5.74, 6) is 0.0525. The van der Waals surface area contributed by atoms with Gasteiger partial charge in [0.15, 0.2) is 36.3 Å². The van der Waals surface area contributed by atoms with Crippen molar-refractivity contribution in [3.05, 3.63) is 45.8 Å². The van der Waals surface area contributed by atoms with Crippen LogP contribution in [0.5, 0.6) is 0 Å². The number of halogens is 2. The maximum atomic E-state index is 15.2. The maximum absolute atomic E-state index is 15.2. The number of nitrogen functional groups attached to an aromatic ring is 1. The van der Waals surface area contributed by atoms with Crippen LogP contribution < -0.4 is 17.0 Å². The molecule has 9 atom stereocenters. The average Bonchev–Trinajstić information content (AvgIpc) is 3.53. The van der Waals surface area contributed by atoms with Crippen LogP contribution in [0.3, 0.4) is 0 Å². The number of ether oxygens (including phenoxy) is 2. The highest BCUT2D eigenvalue weighted by atomic mass is 32.7. The molecule has 16 nitrogen and oxygen atoms in total. The molecule has 3 aromatic heterocycles. The average molecular weight is 593 g/mol. The molecule has 39 heavy (non-hydrogen) atoms. The third kappa shape index (κ3) is 5.23. The number of aromatic nitrogens is 6. The molecule has 5 heterocycles. The van der Waals surface area contributed by atoms with E-state index in [1.807, 2.05) is 4.98 Å². The number of hydrogen-bond acceptors (Lipinski definition) is 13. The molecule has 0 bridgehead atoms. The van der Waals surface area contributed by atoms with Crippen molar-refractivity contribution in [2.75, 3.05) is 18.9 Å². The van der Waals surface area contributed by atoms with Crippen LogP contribution in [-0.4, -0.2) is 89.3 Å². The van der Waals surface area contributed by atoms with E-state index in [9.17, 15) is 28.8 Å². The van der Waals surface area contributed by atoms with Crippen molar-refractivity contribution >= 4 is 36.0 Å². The van der Waals surface area contributed by atoms with Gasteiger partial charge in [-0.15, -0.1) is 0 Å². The van der Waals surface area contributed by atoms with Crippen LogP contribution in [0, 0.1) is 0 Å². The predicted molar refractivity (Wildman–Crippen MR) is 129 cm³/mol. The number of hydrogen-bond donors (Lipinski definition) is 5. The zero-order valence-corrected chi connectivity index (χ0v) is 21.3. The smallest absolute Gasteiger partial charge is 0.386 e. The normalized spacial score (nSPS) is 32.5. The van der Waals surface area contributed by atoms with Gasteiger partial charge in [0.05, 0.1) is 19.5 Å². The minimum atomic E-state index is -4.44. The molecule has 0 saturated carbocycles. The molecule has 0 spiro atoms. The third-order valence-electron chi connectivity index (χ3n) is 6.18. The molecule has 212 valence electrons. The van der Waals surface area contributed by atoms with Gasteiger partial charge in [0.2, 0.25) is 0 Å². The summed E-state index contributed by atoms with van der Waals surface area (Å²) in [6.07, 6.45) is -10.1. The van der Waals surface area contributed by atoms with Crippen molar-refractivity contribution < 1.29 is 42.1 Å². The van der Waals surface area contributed by atoms with Crippen molar-refractivity contribution in [3.63, 3.8) is 0 Å². The second-order valence-corrected chi connectivity index (χ2v) is 11.5. The molecule has 2 fully saturated rings. The Morgan fingerprint density at radius 2 is 1.87 bits per heavy atom. The second-order valence-electron chi connectivity index (χ2n) is 8.63. The van der Waals surface area contributed by atoms with E-state index in [-0.39, 0.29) is 17.0 Å². The summed E-state index contributed by atoms with van der Waals surface area (Å²) in [6.45, 7) is -5.93. The number of anilines is 1. The molecule has 5 rings (SSSR count). The number of fused-ring (bicyclic) bond motifs is 1. The van der Waals surface area contributed by atoms with Crippen LogP contribution in [0.25, 0.3) is 11.2 Å². The minimum absolute atomic E-state index is 0.0525. The fraction of sp³-hybridized carbons (Fsp3) is 0.526. The fourth-order valence-corrected chi connectivity index (χ4v) is 5.77. The SMILES string of the molecule is Nc1ncnc2c1ncn2[C@@H]1O[C@H](COP(=O)(S)O[C@@H]2C(F)[C@H](n3ccc(=O)[nH]c3=O)O[C@@H]2CO)C(O)C1F. The number of aliphatic hydroxyl groups excluding tert-OH is 2. The van der Waals surface area contributed by atoms with E-state index in [0.29, 0.717) is 0 Å². The number of H-pyrrole nitrogens is 1. The Morgan fingerprint density at radius 1 is 1.15 bits per heavy atom. The molecular weight excluding hydrogens is 571 g/mol. The Labute approximate surface area is 221 Å². The van der Waals surface area contributed by atoms with Gasteiger partial charge >= 0.3 is 12.5 Å². The highest BCUT2D eigenvalue weighted by Crippen LogP contribution is 2.56. The van der Waals surface area contributed by atoms with E-state index >= 15 is 4.39 Å². The van der Waals surface area contributed by atoms with Gasteiger partial charge in [0.25, 0.3) is 5.56 Å². The van der Waals surface area contributed by atoms with E-state index in [0.717, 1.165) is 23.2 Å². The van der Waals surface area contributed by atoms with Crippen molar-refractivity contribution in [3.8, 4) is 0 Å². The number of nitrogens with zero attached hydrogens (tertiary/aromatic N) is 5. The summed E-state index contributed by atoms with van der Waals surface area (Å²) in [5, 5.41) is 20.0. The number of aliphatic hydroxyl groups is 2. The first-order valence-electron chi connectivity index (χ1n) is 11.3. The van der Waals surface area contributed by atoms with Gasteiger partial charge in [0, 0.05) is 12.3 Å². The summed E-state index contributed by atoms with van der Waals surface area (Å²) in [4.78, 5) is 37.1. The fourth-order valence-electron chi connectivity index (χ4n) is 4.29. The molecule has 5 N–H and O–H groups in total. The lowest BCUT2D eigenvalue weighted by Gasteiger charge is -2.23. The predicted octanol–water partition coefficient (Wildman–Crippen LogP) is -0.777. The zero-order valence-electron chi connectivity index (χ0n) is 19.6. The number of thiol groups is 1. The summed E-state index contributed by atoms with van der Waals surface area (Å²) in [5.41, 5.74) is 4.37. The lowest BCUT2D eigenvalue weighted by atomic mass is 10.1. The van der Waals surface area contributed by atoms with Gasteiger partial charge in [-0.25, -0.2) is 33.1 Å². The van der Waals surface area contributed by atoms with Crippen LogP contribution in [-0.2, 0) is 23.1 Å². The van der Waals surface area contributed by atoms with Crippen molar-refractivity contribution in [2.24, 2.45) is 0 Å². The molecule has 0 radical (unpaired) electrons. The van der Waals surface area contributed by atoms with Gasteiger partial charge in [-0.3, -0.25) is 28.0 Å². The van der Waals surface area contributed by atoms with Crippen LogP contribution >= 0.6 is 19.0 Å². The largest absolute Gasteiger partial charge is 0.394 e. The van der Waals surface area contributed by atoms with Crippen molar-refractivity contribution in [1.29, 1.82) is 0 Å². The van der Waals surface area contributed by atoms with E-state index in [1.54, 1.807) is 0 Å². The monoisotopic (exact) mass is 593 g/mol. The van der Waals surface area contributed by atoms with E-state index < -0.39 is 80.5 Å². The minimum Gasteiger partial charge on any atom is -0.394 e. The first kappa shape index (κ1) is 27.8. The second kappa shape index (κ2) is 10.7. The Morgan fingerprint density at radius 3 is 2.59 bits per heavy atom. The number of rotatable bonds is 8. The van der Waals surface area contributed by atoms with Gasteiger partial charge in [-0.1, -0.05) is 12.2 Å². The molecule has 0 amide bonds. The van der Waals surface area contributed by atoms with Gasteiger partial charge in [-0.05, 0) is 0 Å². The topological polar surface area (TPSA) is 219 Å². The van der Waals surface area contributed by atoms with Crippen molar-refractivity contribution in [1.82, 2.24) is 29.1 Å². The number of nitrogens with two attached hydrogens (primary N) is 1. The van der Waals surface area contributed by atoms with Gasteiger partial charge in [-0.2, -0.15) is 0 Å². The van der Waals surface area contributed by atoms with E-state index in [4.69, 9.17) is 24.3 Å². The molecule has 2 aliphatic rings. The maximum Gasteiger partial charge on any atom is 0.386 e. The number of imidazole rings is 1. The summed E-state index contributed by atoms with van der Waals surface area (Å²) in [6, 6.07) is 0.957. The Hall–Kier alpha value is -2.77.